The molecule has 0 unspecified atom stereocenters. The van der Waals surface area contributed by atoms with Gasteiger partial charge in [0.05, 0.1) is 18.1 Å². The van der Waals surface area contributed by atoms with Crippen LogP contribution in [0.25, 0.3) is 11.0 Å². The lowest BCUT2D eigenvalue weighted by Crippen LogP contribution is -2.46. The number of amides is 1. The van der Waals surface area contributed by atoms with Crippen molar-refractivity contribution in [3.8, 4) is 0 Å². The van der Waals surface area contributed by atoms with E-state index in [1.807, 2.05) is 42.9 Å². The number of fused-ring (bicyclic) bond motifs is 1. The second-order valence-electron chi connectivity index (χ2n) is 8.74. The average molecular weight is 456 g/mol. The Bertz CT molecular complexity index is 1270. The summed E-state index contributed by atoms with van der Waals surface area (Å²) in [5.74, 6) is 0.845. The minimum Gasteiger partial charge on any atom is -0.368 e. The van der Waals surface area contributed by atoms with Crippen LogP contribution in [0.5, 0.6) is 0 Å². The average Bonchev–Trinajstić information content (AvgIpc) is 3.27. The number of piperazine rings is 1. The molecule has 8 heteroatoms. The van der Waals surface area contributed by atoms with Crippen LogP contribution in [0, 0.1) is 13.8 Å². The van der Waals surface area contributed by atoms with Gasteiger partial charge >= 0.3 is 0 Å². The van der Waals surface area contributed by atoms with Gasteiger partial charge in [-0.05, 0) is 38.1 Å². The normalized spacial score (nSPS) is 13.9. The molecule has 2 aromatic carbocycles. The Morgan fingerprint density at radius 3 is 2.38 bits per heavy atom. The molecule has 174 valence electrons. The van der Waals surface area contributed by atoms with Gasteiger partial charge in [-0.2, -0.15) is 5.10 Å². The summed E-state index contributed by atoms with van der Waals surface area (Å²) in [6.45, 7) is 8.66. The van der Waals surface area contributed by atoms with Crippen molar-refractivity contribution in [1.82, 2.24) is 25.1 Å². The lowest BCUT2D eigenvalue weighted by atomic mass is 10.1. The summed E-state index contributed by atoms with van der Waals surface area (Å²) in [5.41, 5.74) is 4.89. The molecular formula is C26H29N7O. The Balaban J connectivity index is 1.23. The predicted octanol–water partition coefficient (Wildman–Crippen LogP) is 3.20. The van der Waals surface area contributed by atoms with Crippen molar-refractivity contribution in [2.45, 2.75) is 20.4 Å². The Morgan fingerprint density at radius 1 is 0.941 bits per heavy atom. The van der Waals surface area contributed by atoms with Gasteiger partial charge in [-0.1, -0.05) is 35.4 Å². The van der Waals surface area contributed by atoms with Crippen molar-refractivity contribution in [3.63, 3.8) is 0 Å². The van der Waals surface area contributed by atoms with Gasteiger partial charge in [0.15, 0.2) is 5.65 Å². The Hall–Kier alpha value is -3.94. The van der Waals surface area contributed by atoms with E-state index in [0.29, 0.717) is 18.7 Å². The summed E-state index contributed by atoms with van der Waals surface area (Å²) in [6, 6.07) is 16.4. The number of rotatable bonds is 6. The number of hydrogen-bond donors (Lipinski definition) is 1. The molecular weight excluding hydrogens is 426 g/mol. The topological polar surface area (TPSA) is 79.2 Å². The summed E-state index contributed by atoms with van der Waals surface area (Å²) in [7, 11) is 0. The zero-order chi connectivity index (χ0) is 23.5. The molecule has 1 amide bonds. The van der Waals surface area contributed by atoms with E-state index in [-0.39, 0.29) is 5.91 Å². The van der Waals surface area contributed by atoms with Crippen molar-refractivity contribution >= 4 is 28.4 Å². The van der Waals surface area contributed by atoms with Crippen LogP contribution < -0.4 is 15.1 Å². The Morgan fingerprint density at radius 2 is 1.65 bits per heavy atom. The zero-order valence-corrected chi connectivity index (χ0v) is 19.6. The second kappa shape index (κ2) is 9.51. The number of benzene rings is 2. The SMILES string of the molecule is Cc1cc(C)cc(C(=O)NCCn2ncc3c(N4CCN(c5ccccc5)CC4)ncnc32)c1. The fourth-order valence-corrected chi connectivity index (χ4v) is 4.59. The fraction of sp³-hybridized carbons (Fsp3) is 0.308. The maximum absolute atomic E-state index is 12.6. The van der Waals surface area contributed by atoms with Crippen molar-refractivity contribution in [2.24, 2.45) is 0 Å². The second-order valence-corrected chi connectivity index (χ2v) is 8.74. The molecule has 0 bridgehead atoms. The quantitative estimate of drug-likeness (QED) is 0.481. The van der Waals surface area contributed by atoms with Crippen molar-refractivity contribution < 1.29 is 4.79 Å². The van der Waals surface area contributed by atoms with E-state index in [1.165, 1.54) is 5.69 Å². The molecule has 1 saturated heterocycles. The molecule has 1 fully saturated rings. The first kappa shape index (κ1) is 21.9. The maximum atomic E-state index is 12.6. The number of nitrogens with one attached hydrogen (secondary N) is 1. The van der Waals surface area contributed by atoms with E-state index < -0.39 is 0 Å². The minimum absolute atomic E-state index is 0.0742. The van der Waals surface area contributed by atoms with E-state index in [2.05, 4.69) is 60.5 Å². The molecule has 0 aliphatic carbocycles. The number of hydrogen-bond acceptors (Lipinski definition) is 6. The fourth-order valence-electron chi connectivity index (χ4n) is 4.59. The third-order valence-electron chi connectivity index (χ3n) is 6.21. The lowest BCUT2D eigenvalue weighted by molar-refractivity contribution is 0.0952. The number of carbonyl (C=O) groups is 1. The van der Waals surface area contributed by atoms with Gasteiger partial charge < -0.3 is 15.1 Å². The number of nitrogens with zero attached hydrogens (tertiary/aromatic N) is 6. The molecule has 3 heterocycles. The van der Waals surface area contributed by atoms with Gasteiger partial charge in [0.25, 0.3) is 5.91 Å². The highest BCUT2D eigenvalue weighted by Gasteiger charge is 2.21. The van der Waals surface area contributed by atoms with Crippen molar-refractivity contribution in [1.29, 1.82) is 0 Å². The van der Waals surface area contributed by atoms with E-state index in [4.69, 9.17) is 0 Å². The standard InChI is InChI=1S/C26H29N7O/c1-19-14-20(2)16-21(15-19)26(34)27-8-9-33-25-23(17-30-33)24(28-18-29-25)32-12-10-31(11-13-32)22-6-4-3-5-7-22/h3-7,14-18H,8-13H2,1-2H3,(H,27,34). The number of para-hydroxylation sites is 1. The summed E-state index contributed by atoms with van der Waals surface area (Å²) in [5, 5.41) is 8.47. The molecule has 34 heavy (non-hydrogen) atoms. The predicted molar refractivity (Wildman–Crippen MR) is 134 cm³/mol. The first-order valence-electron chi connectivity index (χ1n) is 11.7. The maximum Gasteiger partial charge on any atom is 0.251 e. The molecule has 2 aromatic heterocycles. The number of aromatic nitrogens is 4. The van der Waals surface area contributed by atoms with Gasteiger partial charge in [-0.3, -0.25) is 4.79 Å². The van der Waals surface area contributed by atoms with Crippen molar-refractivity contribution in [2.75, 3.05) is 42.5 Å². The molecule has 4 aromatic rings. The highest BCUT2D eigenvalue weighted by Crippen LogP contribution is 2.25. The third-order valence-corrected chi connectivity index (χ3v) is 6.21. The highest BCUT2D eigenvalue weighted by atomic mass is 16.1. The molecule has 0 spiro atoms. The van der Waals surface area contributed by atoms with Crippen molar-refractivity contribution in [3.05, 3.63) is 77.7 Å². The minimum atomic E-state index is -0.0742. The summed E-state index contributed by atoms with van der Waals surface area (Å²) >= 11 is 0. The molecule has 0 saturated carbocycles. The van der Waals surface area contributed by atoms with E-state index >= 15 is 0 Å². The van der Waals surface area contributed by atoms with Gasteiger partial charge in [0, 0.05) is 44.0 Å². The zero-order valence-electron chi connectivity index (χ0n) is 19.6. The lowest BCUT2D eigenvalue weighted by Gasteiger charge is -2.36. The summed E-state index contributed by atoms with van der Waals surface area (Å²) in [4.78, 5) is 26.3. The monoisotopic (exact) mass is 455 g/mol. The van der Waals surface area contributed by atoms with E-state index in [9.17, 15) is 4.79 Å². The van der Waals surface area contributed by atoms with Crippen LogP contribution in [0.4, 0.5) is 11.5 Å². The summed E-state index contributed by atoms with van der Waals surface area (Å²) < 4.78 is 1.84. The highest BCUT2D eigenvalue weighted by molar-refractivity contribution is 5.94. The number of anilines is 2. The van der Waals surface area contributed by atoms with E-state index in [1.54, 1.807) is 6.33 Å². The van der Waals surface area contributed by atoms with Crippen LogP contribution in [-0.2, 0) is 6.54 Å². The largest absolute Gasteiger partial charge is 0.368 e. The molecule has 5 rings (SSSR count). The number of carbonyl (C=O) groups excluding carboxylic acids is 1. The molecule has 1 aliphatic rings. The first-order valence-corrected chi connectivity index (χ1v) is 11.7. The Kier molecular flexibility index (Phi) is 6.12. The molecule has 8 nitrogen and oxygen atoms in total. The van der Waals surface area contributed by atoms with Gasteiger partial charge in [0.2, 0.25) is 0 Å². The van der Waals surface area contributed by atoms with Gasteiger partial charge in [-0.25, -0.2) is 14.6 Å². The molecule has 1 aliphatic heterocycles. The van der Waals surface area contributed by atoms with Gasteiger partial charge in [0.1, 0.15) is 12.1 Å². The first-order chi connectivity index (χ1) is 16.6. The molecule has 0 atom stereocenters. The van der Waals surface area contributed by atoms with Crippen LogP contribution in [0.2, 0.25) is 0 Å². The van der Waals surface area contributed by atoms with Crippen LogP contribution >= 0.6 is 0 Å². The molecule has 0 radical (unpaired) electrons. The van der Waals surface area contributed by atoms with Crippen LogP contribution in [0.1, 0.15) is 21.5 Å². The molecule has 1 N–H and O–H groups in total. The summed E-state index contributed by atoms with van der Waals surface area (Å²) in [6.07, 6.45) is 3.44. The smallest absolute Gasteiger partial charge is 0.251 e. The van der Waals surface area contributed by atoms with Crippen LogP contribution in [0.15, 0.2) is 61.1 Å². The van der Waals surface area contributed by atoms with Crippen LogP contribution in [-0.4, -0.2) is 58.4 Å². The number of aryl methyl sites for hydroxylation is 2. The van der Waals surface area contributed by atoms with Crippen LogP contribution in [0.3, 0.4) is 0 Å². The Labute approximate surface area is 199 Å². The van der Waals surface area contributed by atoms with E-state index in [0.717, 1.165) is 54.2 Å². The third kappa shape index (κ3) is 4.57. The van der Waals surface area contributed by atoms with Gasteiger partial charge in [-0.15, -0.1) is 0 Å².